The van der Waals surface area contributed by atoms with E-state index in [1.165, 1.54) is 105 Å². The first-order chi connectivity index (χ1) is 27.5. The van der Waals surface area contributed by atoms with Crippen molar-refractivity contribution in [1.29, 1.82) is 0 Å². The monoisotopic (exact) mass is 721 g/mol. The molecule has 0 atom stereocenters. The van der Waals surface area contributed by atoms with E-state index in [2.05, 4.69) is 183 Å². The van der Waals surface area contributed by atoms with Crippen LogP contribution in [0.5, 0.6) is 0 Å². The molecule has 0 heterocycles. The van der Waals surface area contributed by atoms with E-state index < -0.39 is 0 Å². The fourth-order valence-corrected chi connectivity index (χ4v) is 12.9. The van der Waals surface area contributed by atoms with Crippen LogP contribution in [0.4, 0.5) is 17.1 Å². The zero-order valence-electron chi connectivity index (χ0n) is 32.4. The second-order valence-corrected chi connectivity index (χ2v) is 18.1. The number of fused-ring (bicyclic) bond motifs is 6. The molecule has 4 fully saturated rings. The Kier molecular flexibility index (Phi) is 6.93. The van der Waals surface area contributed by atoms with Gasteiger partial charge in [-0.15, -0.1) is 0 Å². The molecule has 0 amide bonds. The highest BCUT2D eigenvalue weighted by atomic mass is 15.1. The molecule has 0 saturated heterocycles. The highest BCUT2D eigenvalue weighted by Crippen LogP contribution is 2.70. The fraction of sp³-hybridized carbons (Fsp3) is 0.236. The van der Waals surface area contributed by atoms with E-state index >= 15 is 0 Å². The van der Waals surface area contributed by atoms with Crippen molar-refractivity contribution in [3.8, 4) is 44.5 Å². The minimum atomic E-state index is -0.0852. The van der Waals surface area contributed by atoms with Gasteiger partial charge in [0, 0.05) is 27.9 Å². The Hall–Kier alpha value is -5.66. The molecule has 1 spiro atoms. The van der Waals surface area contributed by atoms with Gasteiger partial charge >= 0.3 is 0 Å². The molecule has 56 heavy (non-hydrogen) atoms. The summed E-state index contributed by atoms with van der Waals surface area (Å²) in [6.07, 6.45) is 7.01. The Morgan fingerprint density at radius 1 is 0.393 bits per heavy atom. The summed E-state index contributed by atoms with van der Waals surface area (Å²) in [4.78, 5) is 2.53. The number of nitrogens with zero attached hydrogens (tertiary/aromatic N) is 1. The van der Waals surface area contributed by atoms with Crippen LogP contribution in [0, 0.1) is 23.7 Å². The van der Waals surface area contributed by atoms with Gasteiger partial charge < -0.3 is 4.90 Å². The molecule has 4 bridgehead atoms. The molecule has 6 aliphatic rings. The van der Waals surface area contributed by atoms with Gasteiger partial charge in [0.05, 0.1) is 0 Å². The average Bonchev–Trinajstić information content (AvgIpc) is 3.66. The van der Waals surface area contributed by atoms with Gasteiger partial charge in [0.1, 0.15) is 0 Å². The molecule has 1 heteroatoms. The fourth-order valence-electron chi connectivity index (χ4n) is 12.9. The maximum atomic E-state index is 2.58. The number of hydrogen-bond donors (Lipinski definition) is 0. The third-order valence-electron chi connectivity index (χ3n) is 15.1. The summed E-state index contributed by atoms with van der Waals surface area (Å²) in [5.41, 5.74) is 20.4. The molecule has 0 unspecified atom stereocenters. The van der Waals surface area contributed by atoms with Crippen LogP contribution in [0.1, 0.15) is 68.2 Å². The lowest BCUT2D eigenvalue weighted by Gasteiger charge is -2.61. The Balaban J connectivity index is 1.07. The van der Waals surface area contributed by atoms with Crippen molar-refractivity contribution >= 4 is 17.1 Å². The van der Waals surface area contributed by atoms with Crippen LogP contribution < -0.4 is 4.90 Å². The lowest BCUT2D eigenvalue weighted by Crippen LogP contribution is -2.55. The van der Waals surface area contributed by atoms with Gasteiger partial charge in [-0.25, -0.2) is 0 Å². The van der Waals surface area contributed by atoms with E-state index in [0.717, 1.165) is 23.7 Å². The van der Waals surface area contributed by atoms with E-state index in [1.807, 2.05) is 0 Å². The van der Waals surface area contributed by atoms with Crippen molar-refractivity contribution in [2.45, 2.75) is 56.8 Å². The highest BCUT2D eigenvalue weighted by molar-refractivity contribution is 5.96. The molecule has 272 valence electrons. The van der Waals surface area contributed by atoms with Gasteiger partial charge in [-0.05, 0) is 159 Å². The summed E-state index contributed by atoms with van der Waals surface area (Å²) in [5, 5.41) is 0. The second kappa shape index (κ2) is 11.9. The molecule has 4 saturated carbocycles. The highest BCUT2D eigenvalue weighted by Gasteiger charge is 2.61. The third kappa shape index (κ3) is 4.49. The normalized spacial score (nSPS) is 24.1. The largest absolute Gasteiger partial charge is 0.310 e. The molecule has 0 N–H and O–H groups in total. The van der Waals surface area contributed by atoms with Crippen LogP contribution in [0.25, 0.3) is 44.5 Å². The smallest absolute Gasteiger partial charge is 0.0468 e. The average molecular weight is 722 g/mol. The first kappa shape index (κ1) is 32.6. The zero-order chi connectivity index (χ0) is 37.2. The van der Waals surface area contributed by atoms with Crippen LogP contribution in [-0.2, 0) is 10.8 Å². The van der Waals surface area contributed by atoms with Crippen molar-refractivity contribution in [2.24, 2.45) is 23.7 Å². The van der Waals surface area contributed by atoms with E-state index in [0.29, 0.717) is 0 Å². The molecular weight excluding hydrogens is 675 g/mol. The van der Waals surface area contributed by atoms with Gasteiger partial charge in [0.15, 0.2) is 0 Å². The Bertz CT molecular complexity index is 2640. The van der Waals surface area contributed by atoms with Crippen LogP contribution >= 0.6 is 0 Å². The topological polar surface area (TPSA) is 3.24 Å². The third-order valence-corrected chi connectivity index (χ3v) is 15.1. The van der Waals surface area contributed by atoms with Crippen molar-refractivity contribution in [3.05, 3.63) is 186 Å². The molecule has 0 aromatic heterocycles. The summed E-state index contributed by atoms with van der Waals surface area (Å²) >= 11 is 0. The van der Waals surface area contributed by atoms with E-state index in [1.54, 1.807) is 11.1 Å². The standard InChI is InChI=1S/C55H47N/c1-54(2)49-18-10-9-16-46(49)47-26-24-44(34-52(47)54)56(42-22-20-38(21-23-42)37-12-5-3-6-13-37)43-25-27-50-48(33-43)53-45(39-14-7-4-8-15-39)17-11-19-51(53)55(50)40-29-35-28-36(31-40)32-41(55)30-35/h3-27,33-36,40-41H,28-32H2,1-2H3. The van der Waals surface area contributed by atoms with Gasteiger partial charge in [-0.2, -0.15) is 0 Å². The lowest BCUT2D eigenvalue weighted by molar-refractivity contribution is -0.0399. The Labute approximate surface area is 331 Å². The zero-order valence-corrected chi connectivity index (χ0v) is 32.4. The summed E-state index contributed by atoms with van der Waals surface area (Å²) in [7, 11) is 0. The Morgan fingerprint density at radius 3 is 1.68 bits per heavy atom. The number of rotatable bonds is 5. The molecule has 13 rings (SSSR count). The number of anilines is 3. The second-order valence-electron chi connectivity index (χ2n) is 18.1. The Morgan fingerprint density at radius 2 is 0.946 bits per heavy atom. The van der Waals surface area contributed by atoms with Crippen molar-refractivity contribution < 1.29 is 0 Å². The SMILES string of the molecule is CC1(C)c2ccccc2-c2ccc(N(c3ccc(-c4ccccc4)cc3)c3ccc4c(c3)-c3c(-c5ccccc5)cccc3C43C4CC5CC(C4)CC3C5)cc21. The first-order valence-corrected chi connectivity index (χ1v) is 21.0. The van der Waals surface area contributed by atoms with Gasteiger partial charge in [-0.3, -0.25) is 0 Å². The number of benzene rings is 7. The molecule has 0 aliphatic heterocycles. The minimum Gasteiger partial charge on any atom is -0.310 e. The molecule has 0 radical (unpaired) electrons. The van der Waals surface area contributed by atoms with Crippen LogP contribution in [0.15, 0.2) is 164 Å². The van der Waals surface area contributed by atoms with E-state index in [-0.39, 0.29) is 10.8 Å². The summed E-state index contributed by atoms with van der Waals surface area (Å²) in [6.45, 7) is 4.78. The van der Waals surface area contributed by atoms with Crippen LogP contribution in [-0.4, -0.2) is 0 Å². The van der Waals surface area contributed by atoms with E-state index in [4.69, 9.17) is 0 Å². The van der Waals surface area contributed by atoms with Crippen molar-refractivity contribution in [1.82, 2.24) is 0 Å². The predicted octanol–water partition coefficient (Wildman–Crippen LogP) is 14.5. The van der Waals surface area contributed by atoms with Gasteiger partial charge in [0.25, 0.3) is 0 Å². The molecule has 7 aromatic carbocycles. The maximum Gasteiger partial charge on any atom is 0.0468 e. The van der Waals surface area contributed by atoms with Crippen molar-refractivity contribution in [2.75, 3.05) is 4.90 Å². The first-order valence-electron chi connectivity index (χ1n) is 21.0. The van der Waals surface area contributed by atoms with Crippen LogP contribution in [0.2, 0.25) is 0 Å². The summed E-state index contributed by atoms with van der Waals surface area (Å²) < 4.78 is 0. The van der Waals surface area contributed by atoms with Crippen LogP contribution in [0.3, 0.4) is 0 Å². The summed E-state index contributed by atoms with van der Waals surface area (Å²) in [5.74, 6) is 3.27. The van der Waals surface area contributed by atoms with E-state index in [9.17, 15) is 0 Å². The molecule has 7 aromatic rings. The minimum absolute atomic E-state index is 0.0852. The lowest BCUT2D eigenvalue weighted by atomic mass is 9.43. The van der Waals surface area contributed by atoms with Gasteiger partial charge in [0.2, 0.25) is 0 Å². The summed E-state index contributed by atoms with van der Waals surface area (Å²) in [6, 6.07) is 62.3. The molecule has 6 aliphatic carbocycles. The predicted molar refractivity (Wildman–Crippen MR) is 233 cm³/mol. The number of hydrogen-bond acceptors (Lipinski definition) is 1. The molecular formula is C55H47N. The van der Waals surface area contributed by atoms with Crippen molar-refractivity contribution in [3.63, 3.8) is 0 Å². The van der Waals surface area contributed by atoms with Gasteiger partial charge in [-0.1, -0.05) is 141 Å². The maximum absolute atomic E-state index is 2.58. The molecule has 1 nitrogen and oxygen atoms in total. The quantitative estimate of drug-likeness (QED) is 0.171.